The Morgan fingerprint density at radius 1 is 1.24 bits per heavy atom. The molecule has 0 radical (unpaired) electrons. The van der Waals surface area contributed by atoms with Crippen LogP contribution in [-0.2, 0) is 6.42 Å². The number of hydrogen-bond acceptors (Lipinski definition) is 6. The highest BCUT2D eigenvalue weighted by atomic mass is 32.1. The van der Waals surface area contributed by atoms with Crippen molar-refractivity contribution in [1.82, 2.24) is 19.8 Å². The summed E-state index contributed by atoms with van der Waals surface area (Å²) in [6.45, 7) is 0. The molecule has 0 spiro atoms. The largest absolute Gasteiger partial charge is 0.399 e. The van der Waals surface area contributed by atoms with Crippen LogP contribution in [0.4, 0.5) is 10.8 Å². The summed E-state index contributed by atoms with van der Waals surface area (Å²) in [5.41, 5.74) is 13.2. The molecular formula is C10H10N6S. The van der Waals surface area contributed by atoms with Gasteiger partial charge in [0.2, 0.25) is 10.1 Å². The minimum Gasteiger partial charge on any atom is -0.399 e. The van der Waals surface area contributed by atoms with Crippen LogP contribution in [0.15, 0.2) is 24.3 Å². The van der Waals surface area contributed by atoms with E-state index in [0.717, 1.165) is 17.1 Å². The van der Waals surface area contributed by atoms with Gasteiger partial charge in [-0.2, -0.15) is 4.52 Å². The average Bonchev–Trinajstić information content (AvgIpc) is 2.80. The van der Waals surface area contributed by atoms with E-state index in [2.05, 4.69) is 15.3 Å². The zero-order valence-electron chi connectivity index (χ0n) is 8.87. The Kier molecular flexibility index (Phi) is 2.19. The first-order valence-corrected chi connectivity index (χ1v) is 5.85. The van der Waals surface area contributed by atoms with E-state index in [-0.39, 0.29) is 0 Å². The fourth-order valence-corrected chi connectivity index (χ4v) is 2.29. The number of fused-ring (bicyclic) bond motifs is 1. The molecular weight excluding hydrogens is 236 g/mol. The third-order valence-electron chi connectivity index (χ3n) is 2.38. The quantitative estimate of drug-likeness (QED) is 0.656. The van der Waals surface area contributed by atoms with Crippen molar-refractivity contribution in [3.63, 3.8) is 0 Å². The van der Waals surface area contributed by atoms with E-state index in [1.165, 1.54) is 11.3 Å². The summed E-state index contributed by atoms with van der Waals surface area (Å²) in [6, 6.07) is 7.67. The van der Waals surface area contributed by atoms with Gasteiger partial charge in [0.25, 0.3) is 0 Å². The summed E-state index contributed by atoms with van der Waals surface area (Å²) in [5, 5.41) is 12.7. The van der Waals surface area contributed by atoms with E-state index in [9.17, 15) is 0 Å². The molecule has 0 saturated heterocycles. The molecule has 86 valence electrons. The Hall–Kier alpha value is -2.15. The third-order valence-corrected chi connectivity index (χ3v) is 3.11. The van der Waals surface area contributed by atoms with Crippen molar-refractivity contribution in [2.24, 2.45) is 0 Å². The fraction of sp³-hybridized carbons (Fsp3) is 0.100. The molecule has 3 aromatic rings. The van der Waals surface area contributed by atoms with Crippen LogP contribution < -0.4 is 11.5 Å². The minimum atomic E-state index is 0.490. The number of rotatable bonds is 2. The highest BCUT2D eigenvalue weighted by molar-refractivity contribution is 7.20. The number of anilines is 2. The molecule has 3 rings (SSSR count). The monoisotopic (exact) mass is 246 g/mol. The predicted molar refractivity (Wildman–Crippen MR) is 66.7 cm³/mol. The van der Waals surface area contributed by atoms with Crippen LogP contribution in [0.5, 0.6) is 0 Å². The lowest BCUT2D eigenvalue weighted by molar-refractivity contribution is 0.855. The van der Waals surface area contributed by atoms with Gasteiger partial charge in [0.15, 0.2) is 5.82 Å². The van der Waals surface area contributed by atoms with E-state index in [1.54, 1.807) is 4.52 Å². The summed E-state index contributed by atoms with van der Waals surface area (Å²) in [5.74, 6) is 0.763. The van der Waals surface area contributed by atoms with E-state index in [4.69, 9.17) is 11.5 Å². The van der Waals surface area contributed by atoms with Crippen LogP contribution in [0, 0.1) is 0 Å². The normalized spacial score (nSPS) is 11.1. The Labute approximate surface area is 101 Å². The van der Waals surface area contributed by atoms with Crippen molar-refractivity contribution < 1.29 is 0 Å². The highest BCUT2D eigenvalue weighted by Crippen LogP contribution is 2.17. The molecule has 0 bridgehead atoms. The summed E-state index contributed by atoms with van der Waals surface area (Å²) < 4.78 is 1.67. The van der Waals surface area contributed by atoms with Crippen LogP contribution in [0.3, 0.4) is 0 Å². The van der Waals surface area contributed by atoms with Gasteiger partial charge in [-0.05, 0) is 17.7 Å². The lowest BCUT2D eigenvalue weighted by Crippen LogP contribution is -1.99. The van der Waals surface area contributed by atoms with Crippen molar-refractivity contribution in [2.45, 2.75) is 6.42 Å². The molecule has 0 aliphatic heterocycles. The number of benzene rings is 1. The van der Waals surface area contributed by atoms with Crippen molar-refractivity contribution in [3.05, 3.63) is 35.7 Å². The summed E-state index contributed by atoms with van der Waals surface area (Å²) >= 11 is 1.32. The zero-order chi connectivity index (χ0) is 11.8. The van der Waals surface area contributed by atoms with Gasteiger partial charge in [-0.25, -0.2) is 0 Å². The number of nitrogens with two attached hydrogens (primary N) is 2. The summed E-state index contributed by atoms with van der Waals surface area (Å²) in [6.07, 6.45) is 0.634. The standard InChI is InChI=1S/C10H10N6S/c11-7-3-1-2-6(4-7)5-8-13-14-10-16(8)15-9(12)17-10/h1-4H,5,11H2,(H2,12,15). The number of nitrogens with zero attached hydrogens (tertiary/aromatic N) is 4. The van der Waals surface area contributed by atoms with E-state index < -0.39 is 0 Å². The Morgan fingerprint density at radius 2 is 2.12 bits per heavy atom. The SMILES string of the molecule is Nc1cccc(Cc2nnc3sc(N)nn23)c1. The van der Waals surface area contributed by atoms with E-state index in [0.29, 0.717) is 16.5 Å². The highest BCUT2D eigenvalue weighted by Gasteiger charge is 2.10. The van der Waals surface area contributed by atoms with Crippen LogP contribution >= 0.6 is 11.3 Å². The number of aromatic nitrogens is 4. The molecule has 6 nitrogen and oxygen atoms in total. The van der Waals surface area contributed by atoms with Gasteiger partial charge in [0.05, 0.1) is 0 Å². The van der Waals surface area contributed by atoms with E-state index >= 15 is 0 Å². The summed E-state index contributed by atoms with van der Waals surface area (Å²) in [4.78, 5) is 0.710. The van der Waals surface area contributed by atoms with Crippen molar-refractivity contribution >= 4 is 27.1 Å². The van der Waals surface area contributed by atoms with Crippen LogP contribution in [-0.4, -0.2) is 19.8 Å². The van der Waals surface area contributed by atoms with E-state index in [1.807, 2.05) is 24.3 Å². The number of nitrogen functional groups attached to an aromatic ring is 2. The Bertz CT molecular complexity index is 670. The second-order valence-electron chi connectivity index (χ2n) is 3.67. The van der Waals surface area contributed by atoms with Gasteiger partial charge < -0.3 is 11.5 Å². The van der Waals surface area contributed by atoms with Gasteiger partial charge in [0, 0.05) is 12.1 Å². The molecule has 0 atom stereocenters. The molecule has 4 N–H and O–H groups in total. The lowest BCUT2D eigenvalue weighted by atomic mass is 10.1. The second-order valence-corrected chi connectivity index (χ2v) is 4.66. The molecule has 0 amide bonds. The molecule has 1 aromatic carbocycles. The fourth-order valence-electron chi connectivity index (χ4n) is 1.67. The van der Waals surface area contributed by atoms with Gasteiger partial charge in [-0.3, -0.25) is 0 Å². The maximum absolute atomic E-state index is 5.73. The first-order valence-electron chi connectivity index (χ1n) is 5.03. The van der Waals surface area contributed by atoms with Crippen molar-refractivity contribution in [2.75, 3.05) is 11.5 Å². The lowest BCUT2D eigenvalue weighted by Gasteiger charge is -1.99. The molecule has 2 heterocycles. The van der Waals surface area contributed by atoms with Crippen molar-refractivity contribution in [1.29, 1.82) is 0 Å². The maximum Gasteiger partial charge on any atom is 0.236 e. The molecule has 17 heavy (non-hydrogen) atoms. The molecule has 2 aromatic heterocycles. The molecule has 0 saturated carbocycles. The van der Waals surface area contributed by atoms with Gasteiger partial charge in [-0.1, -0.05) is 23.5 Å². The Morgan fingerprint density at radius 3 is 2.94 bits per heavy atom. The minimum absolute atomic E-state index is 0.490. The third kappa shape index (κ3) is 1.80. The second kappa shape index (κ2) is 3.70. The molecule has 0 unspecified atom stereocenters. The molecule has 0 fully saturated rings. The first-order chi connectivity index (χ1) is 8.22. The van der Waals surface area contributed by atoms with Gasteiger partial charge in [0.1, 0.15) is 0 Å². The molecule has 7 heteroatoms. The van der Waals surface area contributed by atoms with Gasteiger partial charge in [-0.15, -0.1) is 15.3 Å². The van der Waals surface area contributed by atoms with Crippen LogP contribution in [0.2, 0.25) is 0 Å². The maximum atomic E-state index is 5.73. The molecule has 0 aliphatic rings. The van der Waals surface area contributed by atoms with Crippen LogP contribution in [0.25, 0.3) is 4.96 Å². The van der Waals surface area contributed by atoms with Crippen LogP contribution in [0.1, 0.15) is 11.4 Å². The molecule has 0 aliphatic carbocycles. The van der Waals surface area contributed by atoms with Gasteiger partial charge >= 0.3 is 0 Å². The number of hydrogen-bond donors (Lipinski definition) is 2. The predicted octanol–water partition coefficient (Wildman–Crippen LogP) is 0.941. The topological polar surface area (TPSA) is 95.1 Å². The first kappa shape index (κ1) is 10.0. The average molecular weight is 246 g/mol. The van der Waals surface area contributed by atoms with Crippen molar-refractivity contribution in [3.8, 4) is 0 Å². The Balaban J connectivity index is 1.99. The summed E-state index contributed by atoms with van der Waals surface area (Å²) in [7, 11) is 0. The smallest absolute Gasteiger partial charge is 0.236 e. The zero-order valence-corrected chi connectivity index (χ0v) is 9.68.